The average molecular weight is 309 g/mol. The molecule has 1 unspecified atom stereocenters. The fraction of sp³-hybridized carbons (Fsp3) is 0.727. The number of hydrogen-bond donors (Lipinski definition) is 1. The number of halogens is 1. The molecular weight excluding hydrogens is 288 g/mol. The van der Waals surface area contributed by atoms with Crippen LogP contribution in [0, 0.1) is 0 Å². The van der Waals surface area contributed by atoms with Gasteiger partial charge in [0.2, 0.25) is 0 Å². The largest absolute Gasteiger partial charge is 0.327 e. The summed E-state index contributed by atoms with van der Waals surface area (Å²) < 4.78 is 28.0. The molecule has 8 heteroatoms. The molecule has 0 amide bonds. The molecule has 2 N–H and O–H groups in total. The molecule has 0 radical (unpaired) electrons. The van der Waals surface area contributed by atoms with E-state index in [0.29, 0.717) is 19.6 Å². The van der Waals surface area contributed by atoms with Crippen molar-refractivity contribution < 1.29 is 8.42 Å². The maximum absolute atomic E-state index is 12.5. The number of piperidine rings is 1. The van der Waals surface area contributed by atoms with Crippen molar-refractivity contribution in [1.82, 2.24) is 14.1 Å². The molecule has 1 aliphatic heterocycles. The molecule has 6 nitrogen and oxygen atoms in total. The van der Waals surface area contributed by atoms with Crippen LogP contribution in [0.4, 0.5) is 0 Å². The van der Waals surface area contributed by atoms with Gasteiger partial charge in [0.05, 0.1) is 6.20 Å². The van der Waals surface area contributed by atoms with Gasteiger partial charge in [0.25, 0.3) is 10.0 Å². The minimum Gasteiger partial charge on any atom is -0.327 e. The molecule has 0 saturated carbocycles. The van der Waals surface area contributed by atoms with Crippen LogP contribution in [0.2, 0.25) is 0 Å². The summed E-state index contributed by atoms with van der Waals surface area (Å²) >= 11 is 0. The van der Waals surface area contributed by atoms with E-state index in [1.54, 1.807) is 10.7 Å². The summed E-state index contributed by atoms with van der Waals surface area (Å²) in [5, 5.41) is 4.34. The molecule has 19 heavy (non-hydrogen) atoms. The summed E-state index contributed by atoms with van der Waals surface area (Å²) in [6.07, 6.45) is 4.10. The zero-order valence-corrected chi connectivity index (χ0v) is 12.7. The lowest BCUT2D eigenvalue weighted by Crippen LogP contribution is -2.46. The normalized spacial score (nSPS) is 21.1. The van der Waals surface area contributed by atoms with E-state index in [9.17, 15) is 8.42 Å². The Hall–Kier alpha value is -0.630. The first kappa shape index (κ1) is 16.4. The van der Waals surface area contributed by atoms with E-state index in [0.717, 1.165) is 19.3 Å². The Morgan fingerprint density at radius 1 is 1.53 bits per heavy atom. The van der Waals surface area contributed by atoms with Crippen molar-refractivity contribution in [3.63, 3.8) is 0 Å². The van der Waals surface area contributed by atoms with Crippen LogP contribution in [0.25, 0.3) is 0 Å². The lowest BCUT2D eigenvalue weighted by molar-refractivity contribution is 0.313. The van der Waals surface area contributed by atoms with Crippen LogP contribution in [0.1, 0.15) is 26.2 Å². The Morgan fingerprint density at radius 3 is 2.89 bits per heavy atom. The highest BCUT2D eigenvalue weighted by Crippen LogP contribution is 2.20. The smallest absolute Gasteiger partial charge is 0.260 e. The lowest BCUT2D eigenvalue weighted by Gasteiger charge is -2.29. The minimum absolute atomic E-state index is 0. The number of hydrogen-bond acceptors (Lipinski definition) is 4. The van der Waals surface area contributed by atoms with E-state index >= 15 is 0 Å². The van der Waals surface area contributed by atoms with Crippen LogP contribution in [0.15, 0.2) is 17.3 Å². The summed E-state index contributed by atoms with van der Waals surface area (Å²) in [6, 6.07) is 1.50. The number of nitrogens with zero attached hydrogens (tertiary/aromatic N) is 3. The highest BCUT2D eigenvalue weighted by Gasteiger charge is 2.31. The van der Waals surface area contributed by atoms with Crippen molar-refractivity contribution in [2.24, 2.45) is 5.73 Å². The van der Waals surface area contributed by atoms with Crippen LogP contribution in [-0.2, 0) is 16.6 Å². The lowest BCUT2D eigenvalue weighted by atomic mass is 10.1. The zero-order chi connectivity index (χ0) is 13.2. The molecule has 1 aliphatic rings. The standard InChI is InChI=1S/C11H20N4O2S.ClH/c1-2-7-15-11(5-6-13-15)18(16,17)14-8-3-4-10(12)9-14;/h5-6,10H,2-4,7-9,12H2,1H3;1H. The zero-order valence-electron chi connectivity index (χ0n) is 11.0. The molecule has 1 aromatic rings. The highest BCUT2D eigenvalue weighted by molar-refractivity contribution is 7.89. The van der Waals surface area contributed by atoms with E-state index in [4.69, 9.17) is 5.73 Å². The first-order valence-electron chi connectivity index (χ1n) is 6.33. The second kappa shape index (κ2) is 6.69. The Morgan fingerprint density at radius 2 is 2.26 bits per heavy atom. The molecule has 1 fully saturated rings. The van der Waals surface area contributed by atoms with Crippen molar-refractivity contribution in [3.05, 3.63) is 12.3 Å². The van der Waals surface area contributed by atoms with Gasteiger partial charge in [-0.3, -0.25) is 4.68 Å². The second-order valence-electron chi connectivity index (χ2n) is 4.66. The second-order valence-corrected chi connectivity index (χ2v) is 6.54. The molecule has 2 heterocycles. The number of sulfonamides is 1. The van der Waals surface area contributed by atoms with Gasteiger partial charge in [-0.15, -0.1) is 12.4 Å². The average Bonchev–Trinajstić information content (AvgIpc) is 2.78. The summed E-state index contributed by atoms with van der Waals surface area (Å²) in [7, 11) is -3.45. The SMILES string of the molecule is CCCn1nccc1S(=O)(=O)N1CCCC(N)C1.Cl. The molecule has 1 atom stereocenters. The third-order valence-electron chi connectivity index (χ3n) is 3.14. The molecule has 0 spiro atoms. The van der Waals surface area contributed by atoms with Crippen LogP contribution in [-0.4, -0.2) is 41.6 Å². The van der Waals surface area contributed by atoms with Gasteiger partial charge < -0.3 is 5.73 Å². The maximum Gasteiger partial charge on any atom is 0.260 e. The molecule has 0 aromatic carbocycles. The monoisotopic (exact) mass is 308 g/mol. The fourth-order valence-corrected chi connectivity index (χ4v) is 3.90. The summed E-state index contributed by atoms with van der Waals surface area (Å²) in [5.74, 6) is 0. The van der Waals surface area contributed by atoms with Crippen molar-refractivity contribution in [2.75, 3.05) is 13.1 Å². The van der Waals surface area contributed by atoms with Gasteiger partial charge in [0, 0.05) is 25.7 Å². The molecule has 0 bridgehead atoms. The van der Waals surface area contributed by atoms with Crippen molar-refractivity contribution >= 4 is 22.4 Å². The van der Waals surface area contributed by atoms with Crippen molar-refractivity contribution in [1.29, 1.82) is 0 Å². The molecule has 1 saturated heterocycles. The number of aryl methyl sites for hydroxylation is 1. The van der Waals surface area contributed by atoms with Gasteiger partial charge in [-0.25, -0.2) is 8.42 Å². The number of rotatable bonds is 4. The molecule has 0 aliphatic carbocycles. The highest BCUT2D eigenvalue weighted by atomic mass is 35.5. The van der Waals surface area contributed by atoms with E-state index in [-0.39, 0.29) is 23.5 Å². The molecule has 1 aromatic heterocycles. The van der Waals surface area contributed by atoms with Gasteiger partial charge >= 0.3 is 0 Å². The van der Waals surface area contributed by atoms with Crippen molar-refractivity contribution in [3.8, 4) is 0 Å². The van der Waals surface area contributed by atoms with Gasteiger partial charge in [0.1, 0.15) is 0 Å². The first-order valence-corrected chi connectivity index (χ1v) is 7.77. The molecule has 110 valence electrons. The Labute approximate surface area is 120 Å². The number of aromatic nitrogens is 2. The van der Waals surface area contributed by atoms with Gasteiger partial charge in [-0.1, -0.05) is 6.92 Å². The maximum atomic E-state index is 12.5. The predicted molar refractivity (Wildman–Crippen MR) is 75.7 cm³/mol. The third-order valence-corrected chi connectivity index (χ3v) is 5.02. The minimum atomic E-state index is -3.45. The topological polar surface area (TPSA) is 81.2 Å². The van der Waals surface area contributed by atoms with E-state index in [1.807, 2.05) is 6.92 Å². The molecular formula is C11H21ClN4O2S. The van der Waals surface area contributed by atoms with Crippen LogP contribution >= 0.6 is 12.4 Å². The Kier molecular flexibility index (Phi) is 5.79. The van der Waals surface area contributed by atoms with Crippen LogP contribution < -0.4 is 5.73 Å². The van der Waals surface area contributed by atoms with Gasteiger partial charge in [-0.2, -0.15) is 9.40 Å². The predicted octanol–water partition coefficient (Wildman–Crippen LogP) is 0.827. The van der Waals surface area contributed by atoms with Crippen LogP contribution in [0.5, 0.6) is 0 Å². The van der Waals surface area contributed by atoms with E-state index in [2.05, 4.69) is 5.10 Å². The summed E-state index contributed by atoms with van der Waals surface area (Å²) in [4.78, 5) is 0. The van der Waals surface area contributed by atoms with Crippen molar-refractivity contribution in [2.45, 2.75) is 43.8 Å². The fourth-order valence-electron chi connectivity index (χ4n) is 2.24. The van der Waals surface area contributed by atoms with Crippen LogP contribution in [0.3, 0.4) is 0 Å². The van der Waals surface area contributed by atoms with E-state index in [1.165, 1.54) is 10.5 Å². The van der Waals surface area contributed by atoms with Gasteiger partial charge in [-0.05, 0) is 25.3 Å². The first-order chi connectivity index (χ1) is 8.55. The summed E-state index contributed by atoms with van der Waals surface area (Å²) in [6.45, 7) is 3.56. The molecule has 2 rings (SSSR count). The Bertz CT molecular complexity index is 503. The third kappa shape index (κ3) is 3.47. The van der Waals surface area contributed by atoms with E-state index < -0.39 is 10.0 Å². The Balaban J connectivity index is 0.00000180. The number of nitrogens with two attached hydrogens (primary N) is 1. The quantitative estimate of drug-likeness (QED) is 0.893. The summed E-state index contributed by atoms with van der Waals surface area (Å²) in [5.41, 5.74) is 5.84. The van der Waals surface area contributed by atoms with Gasteiger partial charge in [0.15, 0.2) is 5.03 Å².